The number of ether oxygens (including phenoxy) is 2. The standard InChI is InChI=1S/C22H31N3O6/c1-5-30-22(29)16-9-11-25(12-10-16)19(26)14-24(4)21(28)17-7-6-8-18(13-17)31-15-20(27)23(2)3/h6-8,13,16H,5,9-12,14-15H2,1-4H3. The van der Waals surface area contributed by atoms with E-state index in [1.165, 1.54) is 9.80 Å². The van der Waals surface area contributed by atoms with Gasteiger partial charge in [0.15, 0.2) is 6.61 Å². The summed E-state index contributed by atoms with van der Waals surface area (Å²) in [5.41, 5.74) is 0.367. The van der Waals surface area contributed by atoms with Gasteiger partial charge >= 0.3 is 5.97 Å². The average molecular weight is 434 g/mol. The Hall–Kier alpha value is -3.10. The molecule has 1 saturated heterocycles. The van der Waals surface area contributed by atoms with Gasteiger partial charge in [0.2, 0.25) is 5.91 Å². The first-order valence-corrected chi connectivity index (χ1v) is 10.4. The Morgan fingerprint density at radius 3 is 2.39 bits per heavy atom. The fraction of sp³-hybridized carbons (Fsp3) is 0.545. The van der Waals surface area contributed by atoms with Gasteiger partial charge in [-0.05, 0) is 38.0 Å². The van der Waals surface area contributed by atoms with Crippen LogP contribution >= 0.6 is 0 Å². The Labute approximate surface area is 182 Å². The minimum absolute atomic E-state index is 0.0624. The minimum atomic E-state index is -0.320. The molecule has 0 unspecified atom stereocenters. The molecule has 1 aliphatic heterocycles. The minimum Gasteiger partial charge on any atom is -0.484 e. The number of amides is 3. The van der Waals surface area contributed by atoms with Crippen LogP contribution in [0.15, 0.2) is 24.3 Å². The zero-order valence-corrected chi connectivity index (χ0v) is 18.6. The molecular formula is C22H31N3O6. The number of rotatable bonds is 8. The van der Waals surface area contributed by atoms with E-state index in [9.17, 15) is 19.2 Å². The summed E-state index contributed by atoms with van der Waals surface area (Å²) in [4.78, 5) is 53.3. The smallest absolute Gasteiger partial charge is 0.309 e. The van der Waals surface area contributed by atoms with Crippen LogP contribution in [-0.4, -0.2) is 92.4 Å². The highest BCUT2D eigenvalue weighted by atomic mass is 16.5. The molecule has 3 amide bonds. The number of piperidine rings is 1. The highest BCUT2D eigenvalue weighted by Gasteiger charge is 2.29. The third kappa shape index (κ3) is 6.97. The van der Waals surface area contributed by atoms with Crippen LogP contribution in [0.25, 0.3) is 0 Å². The fourth-order valence-electron chi connectivity index (χ4n) is 3.21. The van der Waals surface area contributed by atoms with E-state index < -0.39 is 0 Å². The molecule has 9 heteroatoms. The maximum atomic E-state index is 12.7. The normalized spacial score (nSPS) is 14.0. The Morgan fingerprint density at radius 2 is 1.77 bits per heavy atom. The lowest BCUT2D eigenvalue weighted by atomic mass is 9.97. The molecule has 0 bridgehead atoms. The van der Waals surface area contributed by atoms with Gasteiger partial charge in [0, 0.05) is 39.8 Å². The molecule has 0 saturated carbocycles. The number of likely N-dealkylation sites (N-methyl/N-ethyl adjacent to an activating group) is 2. The molecule has 9 nitrogen and oxygen atoms in total. The van der Waals surface area contributed by atoms with Gasteiger partial charge in [-0.1, -0.05) is 6.07 Å². The molecule has 1 fully saturated rings. The monoisotopic (exact) mass is 433 g/mol. The highest BCUT2D eigenvalue weighted by molar-refractivity contribution is 5.96. The zero-order chi connectivity index (χ0) is 23.0. The average Bonchev–Trinajstić information content (AvgIpc) is 2.77. The summed E-state index contributed by atoms with van der Waals surface area (Å²) in [7, 11) is 4.84. The largest absolute Gasteiger partial charge is 0.484 e. The van der Waals surface area contributed by atoms with Crippen LogP contribution in [0.3, 0.4) is 0 Å². The van der Waals surface area contributed by atoms with Crippen molar-refractivity contribution in [1.82, 2.24) is 14.7 Å². The third-order valence-electron chi connectivity index (χ3n) is 5.13. The van der Waals surface area contributed by atoms with Crippen molar-refractivity contribution < 1.29 is 28.7 Å². The number of benzene rings is 1. The second-order valence-corrected chi connectivity index (χ2v) is 7.67. The van der Waals surface area contributed by atoms with Crippen molar-refractivity contribution >= 4 is 23.7 Å². The first kappa shape index (κ1) is 24.2. The van der Waals surface area contributed by atoms with E-state index >= 15 is 0 Å². The van der Waals surface area contributed by atoms with Crippen molar-refractivity contribution in [2.75, 3.05) is 54.0 Å². The summed E-state index contributed by atoms with van der Waals surface area (Å²) >= 11 is 0. The number of esters is 1. The Bertz CT molecular complexity index is 802. The fourth-order valence-corrected chi connectivity index (χ4v) is 3.21. The number of hydrogen-bond donors (Lipinski definition) is 0. The number of hydrogen-bond acceptors (Lipinski definition) is 6. The van der Waals surface area contributed by atoms with Gasteiger partial charge in [0.05, 0.1) is 19.1 Å². The summed E-state index contributed by atoms with van der Waals surface area (Å²) in [5.74, 6) is -0.656. The molecule has 0 radical (unpaired) electrons. The molecule has 170 valence electrons. The number of carbonyl (C=O) groups excluding carboxylic acids is 4. The number of carbonyl (C=O) groups is 4. The molecule has 1 aliphatic rings. The first-order chi connectivity index (χ1) is 14.7. The van der Waals surface area contributed by atoms with E-state index in [0.29, 0.717) is 43.9 Å². The van der Waals surface area contributed by atoms with Crippen LogP contribution in [0, 0.1) is 5.92 Å². The van der Waals surface area contributed by atoms with Gasteiger partial charge in [-0.3, -0.25) is 19.2 Å². The molecule has 31 heavy (non-hydrogen) atoms. The zero-order valence-electron chi connectivity index (χ0n) is 18.6. The van der Waals surface area contributed by atoms with E-state index in [0.717, 1.165) is 0 Å². The van der Waals surface area contributed by atoms with Crippen molar-refractivity contribution in [3.8, 4) is 5.75 Å². The van der Waals surface area contributed by atoms with Crippen LogP contribution in [0.2, 0.25) is 0 Å². The molecule has 0 spiro atoms. The molecule has 2 rings (SSSR count). The van der Waals surface area contributed by atoms with E-state index in [1.54, 1.807) is 57.2 Å². The maximum Gasteiger partial charge on any atom is 0.309 e. The number of nitrogens with zero attached hydrogens (tertiary/aromatic N) is 3. The van der Waals surface area contributed by atoms with Crippen molar-refractivity contribution in [2.24, 2.45) is 5.92 Å². The van der Waals surface area contributed by atoms with Crippen molar-refractivity contribution in [3.05, 3.63) is 29.8 Å². The van der Waals surface area contributed by atoms with Gasteiger partial charge in [-0.25, -0.2) is 0 Å². The molecule has 0 atom stereocenters. The quantitative estimate of drug-likeness (QED) is 0.568. The van der Waals surface area contributed by atoms with Crippen molar-refractivity contribution in [1.29, 1.82) is 0 Å². The van der Waals surface area contributed by atoms with Crippen LogP contribution in [0.1, 0.15) is 30.1 Å². The van der Waals surface area contributed by atoms with Crippen molar-refractivity contribution in [2.45, 2.75) is 19.8 Å². The summed E-state index contributed by atoms with van der Waals surface area (Å²) in [6.07, 6.45) is 1.13. The summed E-state index contributed by atoms with van der Waals surface area (Å²) in [6, 6.07) is 6.52. The highest BCUT2D eigenvalue weighted by Crippen LogP contribution is 2.19. The lowest BCUT2D eigenvalue weighted by Crippen LogP contribution is -2.45. The molecule has 1 aromatic rings. The van der Waals surface area contributed by atoms with Gasteiger partial charge in [0.1, 0.15) is 5.75 Å². The van der Waals surface area contributed by atoms with Gasteiger partial charge in [0.25, 0.3) is 11.8 Å². The van der Waals surface area contributed by atoms with E-state index in [2.05, 4.69) is 0 Å². The van der Waals surface area contributed by atoms with Gasteiger partial charge in [-0.15, -0.1) is 0 Å². The topological polar surface area (TPSA) is 96.5 Å². The third-order valence-corrected chi connectivity index (χ3v) is 5.13. The second-order valence-electron chi connectivity index (χ2n) is 7.67. The molecule has 0 aliphatic carbocycles. The van der Waals surface area contributed by atoms with E-state index in [4.69, 9.17) is 9.47 Å². The first-order valence-electron chi connectivity index (χ1n) is 10.4. The summed E-state index contributed by atoms with van der Waals surface area (Å²) < 4.78 is 10.5. The number of likely N-dealkylation sites (tertiary alicyclic amines) is 1. The maximum absolute atomic E-state index is 12.7. The lowest BCUT2D eigenvalue weighted by Gasteiger charge is -2.32. The Morgan fingerprint density at radius 1 is 1.10 bits per heavy atom. The predicted molar refractivity (Wildman–Crippen MR) is 114 cm³/mol. The molecular weight excluding hydrogens is 402 g/mol. The van der Waals surface area contributed by atoms with E-state index in [1.807, 2.05) is 0 Å². The summed E-state index contributed by atoms with van der Waals surface area (Å²) in [5, 5.41) is 0. The molecule has 1 heterocycles. The molecule has 0 N–H and O–H groups in total. The predicted octanol–water partition coefficient (Wildman–Crippen LogP) is 1.03. The van der Waals surface area contributed by atoms with Crippen LogP contribution in [-0.2, 0) is 19.1 Å². The SMILES string of the molecule is CCOC(=O)C1CCN(C(=O)CN(C)C(=O)c2cccc(OCC(=O)N(C)C)c2)CC1. The van der Waals surface area contributed by atoms with Gasteiger partial charge < -0.3 is 24.2 Å². The van der Waals surface area contributed by atoms with Crippen molar-refractivity contribution in [3.63, 3.8) is 0 Å². The van der Waals surface area contributed by atoms with Gasteiger partial charge in [-0.2, -0.15) is 0 Å². The van der Waals surface area contributed by atoms with Crippen LogP contribution < -0.4 is 4.74 Å². The van der Waals surface area contributed by atoms with Crippen LogP contribution in [0.5, 0.6) is 5.75 Å². The Kier molecular flexibility index (Phi) is 8.84. The lowest BCUT2D eigenvalue weighted by molar-refractivity contribution is -0.151. The van der Waals surface area contributed by atoms with Crippen LogP contribution in [0.4, 0.5) is 0 Å². The Balaban J connectivity index is 1.88. The second kappa shape index (κ2) is 11.3. The summed E-state index contributed by atoms with van der Waals surface area (Å²) in [6.45, 7) is 2.87. The van der Waals surface area contributed by atoms with E-state index in [-0.39, 0.29) is 42.8 Å². The molecule has 1 aromatic carbocycles. The molecule has 0 aromatic heterocycles.